The fraction of sp³-hybridized carbons (Fsp3) is 0.529. The quantitative estimate of drug-likeness (QED) is 0.647. The highest BCUT2D eigenvalue weighted by Crippen LogP contribution is 2.22. The highest BCUT2D eigenvalue weighted by molar-refractivity contribution is 8.00. The van der Waals surface area contributed by atoms with Crippen LogP contribution in [0.4, 0.5) is 5.69 Å². The molecular formula is C17H25ClN2O2S. The zero-order valence-corrected chi connectivity index (χ0v) is 15.5. The average molecular weight is 357 g/mol. The number of hydrogen-bond donors (Lipinski definition) is 2. The van der Waals surface area contributed by atoms with E-state index in [2.05, 4.69) is 17.6 Å². The molecule has 2 amide bonds. The molecule has 0 fully saturated rings. The monoisotopic (exact) mass is 356 g/mol. The van der Waals surface area contributed by atoms with Crippen molar-refractivity contribution >= 4 is 40.9 Å². The third kappa shape index (κ3) is 6.83. The van der Waals surface area contributed by atoms with Gasteiger partial charge in [-0.3, -0.25) is 9.59 Å². The summed E-state index contributed by atoms with van der Waals surface area (Å²) in [5.74, 6) is 0.728. The Bertz CT molecular complexity index is 537. The predicted molar refractivity (Wildman–Crippen MR) is 99.5 cm³/mol. The molecule has 1 atom stereocenters. The number of unbranched alkanes of at least 4 members (excludes halogenated alkanes) is 1. The van der Waals surface area contributed by atoms with E-state index >= 15 is 0 Å². The van der Waals surface area contributed by atoms with Gasteiger partial charge in [-0.05, 0) is 43.7 Å². The maximum absolute atomic E-state index is 12.1. The fourth-order valence-corrected chi connectivity index (χ4v) is 3.12. The Labute approximate surface area is 147 Å². The molecule has 0 saturated heterocycles. The molecule has 1 rings (SSSR count). The van der Waals surface area contributed by atoms with E-state index in [-0.39, 0.29) is 17.1 Å². The van der Waals surface area contributed by atoms with Crippen LogP contribution >= 0.6 is 23.4 Å². The van der Waals surface area contributed by atoms with E-state index in [4.69, 9.17) is 11.6 Å². The van der Waals surface area contributed by atoms with Crippen LogP contribution in [0.5, 0.6) is 0 Å². The zero-order chi connectivity index (χ0) is 17.2. The highest BCUT2D eigenvalue weighted by atomic mass is 35.5. The summed E-state index contributed by atoms with van der Waals surface area (Å²) in [5, 5.41) is 5.84. The molecule has 0 bridgehead atoms. The number of hydrogen-bond acceptors (Lipinski definition) is 3. The summed E-state index contributed by atoms with van der Waals surface area (Å²) in [6.07, 6.45) is 3.10. The zero-order valence-electron chi connectivity index (χ0n) is 13.9. The molecule has 0 saturated carbocycles. The molecule has 23 heavy (non-hydrogen) atoms. The van der Waals surface area contributed by atoms with Crippen LogP contribution in [0, 0.1) is 0 Å². The van der Waals surface area contributed by atoms with Gasteiger partial charge in [0.1, 0.15) is 0 Å². The first-order chi connectivity index (χ1) is 11.0. The number of benzene rings is 1. The molecule has 0 heterocycles. The molecule has 0 spiro atoms. The SMILES string of the molecule is CCCCSC(C)C(=O)Nc1ccc(C(=O)NCCC)c(Cl)c1. The van der Waals surface area contributed by atoms with Crippen LogP contribution in [-0.2, 0) is 4.79 Å². The summed E-state index contributed by atoms with van der Waals surface area (Å²) >= 11 is 7.79. The number of halogens is 1. The summed E-state index contributed by atoms with van der Waals surface area (Å²) in [7, 11) is 0. The Morgan fingerprint density at radius 1 is 1.26 bits per heavy atom. The third-order valence-electron chi connectivity index (χ3n) is 3.25. The molecule has 0 radical (unpaired) electrons. The Hall–Kier alpha value is -1.20. The van der Waals surface area contributed by atoms with Crippen LogP contribution < -0.4 is 10.6 Å². The van der Waals surface area contributed by atoms with Gasteiger partial charge in [0.05, 0.1) is 15.8 Å². The number of rotatable bonds is 9. The summed E-state index contributed by atoms with van der Waals surface area (Å²) < 4.78 is 0. The van der Waals surface area contributed by atoms with Crippen LogP contribution in [0.3, 0.4) is 0 Å². The van der Waals surface area contributed by atoms with Gasteiger partial charge < -0.3 is 10.6 Å². The number of nitrogens with one attached hydrogen (secondary N) is 2. The van der Waals surface area contributed by atoms with E-state index in [1.165, 1.54) is 0 Å². The van der Waals surface area contributed by atoms with Gasteiger partial charge in [-0.2, -0.15) is 0 Å². The lowest BCUT2D eigenvalue weighted by Gasteiger charge is -2.13. The van der Waals surface area contributed by atoms with Gasteiger partial charge >= 0.3 is 0 Å². The van der Waals surface area contributed by atoms with E-state index < -0.39 is 0 Å². The van der Waals surface area contributed by atoms with Crippen molar-refractivity contribution in [2.24, 2.45) is 0 Å². The lowest BCUT2D eigenvalue weighted by atomic mass is 10.2. The molecule has 6 heteroatoms. The average Bonchev–Trinajstić information content (AvgIpc) is 2.52. The van der Waals surface area contributed by atoms with Crippen molar-refractivity contribution in [2.45, 2.75) is 45.3 Å². The molecular weight excluding hydrogens is 332 g/mol. The molecule has 0 aliphatic rings. The Kier molecular flexibility index (Phi) is 9.10. The number of carbonyl (C=O) groups is 2. The Balaban J connectivity index is 2.63. The maximum atomic E-state index is 12.1. The Morgan fingerprint density at radius 2 is 2.00 bits per heavy atom. The summed E-state index contributed by atoms with van der Waals surface area (Å²) in [4.78, 5) is 24.1. The molecule has 2 N–H and O–H groups in total. The Morgan fingerprint density at radius 3 is 2.61 bits per heavy atom. The highest BCUT2D eigenvalue weighted by Gasteiger charge is 2.15. The van der Waals surface area contributed by atoms with Crippen LogP contribution in [0.2, 0.25) is 5.02 Å². The number of carbonyl (C=O) groups excluding carboxylic acids is 2. The van der Waals surface area contributed by atoms with Crippen molar-refractivity contribution in [1.29, 1.82) is 0 Å². The summed E-state index contributed by atoms with van der Waals surface area (Å²) in [6.45, 7) is 6.62. The predicted octanol–water partition coefficient (Wildman–Crippen LogP) is 4.34. The van der Waals surface area contributed by atoms with Gasteiger partial charge in [-0.25, -0.2) is 0 Å². The van der Waals surface area contributed by atoms with Crippen LogP contribution in [0.15, 0.2) is 18.2 Å². The van der Waals surface area contributed by atoms with Crippen molar-refractivity contribution in [3.05, 3.63) is 28.8 Å². The standard InChI is InChI=1S/C17H25ClN2O2S/c1-4-6-10-23-12(3)16(21)20-13-7-8-14(15(18)11-13)17(22)19-9-5-2/h7-8,11-12H,4-6,9-10H2,1-3H3,(H,19,22)(H,20,21). The van der Waals surface area contributed by atoms with Crippen molar-refractivity contribution in [3.8, 4) is 0 Å². The fourth-order valence-electron chi connectivity index (χ4n) is 1.83. The van der Waals surface area contributed by atoms with Crippen molar-refractivity contribution in [1.82, 2.24) is 5.32 Å². The number of thioether (sulfide) groups is 1. The molecule has 0 aliphatic heterocycles. The minimum absolute atomic E-state index is 0.0506. The van der Waals surface area contributed by atoms with Crippen molar-refractivity contribution in [2.75, 3.05) is 17.6 Å². The van der Waals surface area contributed by atoms with Gasteiger partial charge in [-0.1, -0.05) is 31.9 Å². The van der Waals surface area contributed by atoms with E-state index in [0.29, 0.717) is 22.8 Å². The minimum atomic E-state index is -0.196. The lowest BCUT2D eigenvalue weighted by molar-refractivity contribution is -0.115. The molecule has 4 nitrogen and oxygen atoms in total. The first-order valence-electron chi connectivity index (χ1n) is 7.99. The van der Waals surface area contributed by atoms with Crippen molar-refractivity contribution < 1.29 is 9.59 Å². The second-order valence-electron chi connectivity index (χ2n) is 5.31. The smallest absolute Gasteiger partial charge is 0.252 e. The first-order valence-corrected chi connectivity index (χ1v) is 9.42. The van der Waals surface area contributed by atoms with Crippen molar-refractivity contribution in [3.63, 3.8) is 0 Å². The summed E-state index contributed by atoms with van der Waals surface area (Å²) in [6, 6.07) is 4.95. The molecule has 1 aromatic carbocycles. The molecule has 0 aromatic heterocycles. The van der Waals surface area contributed by atoms with Crippen LogP contribution in [0.1, 0.15) is 50.4 Å². The maximum Gasteiger partial charge on any atom is 0.252 e. The second-order valence-corrected chi connectivity index (χ2v) is 7.16. The van der Waals surface area contributed by atoms with Gasteiger partial charge in [-0.15, -0.1) is 11.8 Å². The normalized spacial score (nSPS) is 11.8. The lowest BCUT2D eigenvalue weighted by Crippen LogP contribution is -2.25. The number of anilines is 1. The molecule has 0 aliphatic carbocycles. The first kappa shape index (κ1) is 19.8. The van der Waals surface area contributed by atoms with Gasteiger partial charge in [0, 0.05) is 12.2 Å². The van der Waals surface area contributed by atoms with Crippen LogP contribution in [0.25, 0.3) is 0 Å². The molecule has 1 unspecified atom stereocenters. The topological polar surface area (TPSA) is 58.2 Å². The van der Waals surface area contributed by atoms with E-state index in [1.54, 1.807) is 30.0 Å². The third-order valence-corrected chi connectivity index (χ3v) is 4.80. The largest absolute Gasteiger partial charge is 0.352 e. The van der Waals surface area contributed by atoms with Gasteiger partial charge in [0.25, 0.3) is 5.91 Å². The second kappa shape index (κ2) is 10.6. The number of amides is 2. The minimum Gasteiger partial charge on any atom is -0.352 e. The van der Waals surface area contributed by atoms with Crippen LogP contribution in [-0.4, -0.2) is 29.4 Å². The molecule has 1 aromatic rings. The van der Waals surface area contributed by atoms with Gasteiger partial charge in [0.2, 0.25) is 5.91 Å². The van der Waals surface area contributed by atoms with E-state index in [9.17, 15) is 9.59 Å². The van der Waals surface area contributed by atoms with E-state index in [1.807, 2.05) is 13.8 Å². The van der Waals surface area contributed by atoms with Gasteiger partial charge in [0.15, 0.2) is 0 Å². The van der Waals surface area contributed by atoms with E-state index in [0.717, 1.165) is 25.0 Å². The molecule has 128 valence electrons. The summed E-state index contributed by atoms with van der Waals surface area (Å²) in [5.41, 5.74) is 1.03.